The highest BCUT2D eigenvalue weighted by atomic mass is 16.6. The first-order valence-electron chi connectivity index (χ1n) is 12.0. The molecule has 0 aliphatic carbocycles. The zero-order valence-corrected chi connectivity index (χ0v) is 22.0. The van der Waals surface area contributed by atoms with Gasteiger partial charge in [0.15, 0.2) is 5.65 Å². The molecule has 0 N–H and O–H groups in total. The normalized spacial score (nSPS) is 19.3. The van der Waals surface area contributed by atoms with Crippen molar-refractivity contribution in [3.05, 3.63) is 23.5 Å². The van der Waals surface area contributed by atoms with Gasteiger partial charge in [0.2, 0.25) is 0 Å². The van der Waals surface area contributed by atoms with E-state index in [2.05, 4.69) is 12.0 Å². The maximum absolute atomic E-state index is 13.2. The molecule has 1 saturated heterocycles. The highest BCUT2D eigenvalue weighted by Gasteiger charge is 2.41. The van der Waals surface area contributed by atoms with Gasteiger partial charge in [-0.25, -0.2) is 14.6 Å². The van der Waals surface area contributed by atoms with Crippen molar-refractivity contribution in [2.75, 3.05) is 25.5 Å². The number of hydrogen-bond acceptors (Lipinski definition) is 7. The minimum atomic E-state index is -0.691. The summed E-state index contributed by atoms with van der Waals surface area (Å²) < 4.78 is 13.1. The van der Waals surface area contributed by atoms with Crippen LogP contribution in [0.2, 0.25) is 0 Å². The molecule has 2 aromatic rings. The Balaban J connectivity index is 1.97. The number of carbonyl (C=O) groups is 2. The van der Waals surface area contributed by atoms with Crippen LogP contribution in [0.25, 0.3) is 5.65 Å². The summed E-state index contributed by atoms with van der Waals surface area (Å²) in [4.78, 5) is 34.6. The van der Waals surface area contributed by atoms with E-state index in [-0.39, 0.29) is 5.92 Å². The molecule has 1 amide bonds. The largest absolute Gasteiger partial charge is 0.458 e. The Labute approximate surface area is 202 Å². The van der Waals surface area contributed by atoms with Crippen LogP contribution in [0.4, 0.5) is 10.6 Å². The van der Waals surface area contributed by atoms with Gasteiger partial charge < -0.3 is 14.4 Å². The zero-order chi connectivity index (χ0) is 25.4. The van der Waals surface area contributed by atoms with E-state index in [0.717, 1.165) is 29.1 Å². The number of aryl methyl sites for hydroxylation is 1. The molecule has 0 bridgehead atoms. The van der Waals surface area contributed by atoms with Crippen LogP contribution < -0.4 is 4.90 Å². The summed E-state index contributed by atoms with van der Waals surface area (Å²) in [6.07, 6.45) is 3.34. The van der Waals surface area contributed by atoms with Crippen LogP contribution in [0.15, 0.2) is 12.3 Å². The fourth-order valence-electron chi connectivity index (χ4n) is 4.14. The van der Waals surface area contributed by atoms with E-state index in [9.17, 15) is 9.59 Å². The van der Waals surface area contributed by atoms with E-state index in [1.807, 2.05) is 77.3 Å². The van der Waals surface area contributed by atoms with Gasteiger partial charge in [-0.05, 0) is 60.8 Å². The van der Waals surface area contributed by atoms with Crippen molar-refractivity contribution in [2.45, 2.75) is 90.9 Å². The number of nitrogens with zero attached hydrogens (tertiary/aromatic N) is 5. The molecule has 3 heterocycles. The van der Waals surface area contributed by atoms with Crippen LogP contribution in [0.5, 0.6) is 0 Å². The quantitative estimate of drug-likeness (QED) is 0.615. The predicted octanol–water partition coefficient (Wildman–Crippen LogP) is 4.18. The minimum Gasteiger partial charge on any atom is -0.458 e. The van der Waals surface area contributed by atoms with Gasteiger partial charge in [-0.15, -0.1) is 0 Å². The lowest BCUT2D eigenvalue weighted by molar-refractivity contribution is -0.162. The molecule has 188 valence electrons. The summed E-state index contributed by atoms with van der Waals surface area (Å²) in [5.41, 5.74) is 1.45. The second kappa shape index (κ2) is 9.43. The predicted molar refractivity (Wildman–Crippen MR) is 131 cm³/mol. The van der Waals surface area contributed by atoms with E-state index in [4.69, 9.17) is 14.5 Å². The lowest BCUT2D eigenvalue weighted by Crippen LogP contribution is -2.53. The standard InChI is InChI=1S/C25H39N5O4/c1-10-16-14-26-30-20(28(8)9)13-18(27-21(16)30)17-11-12-19(22(31)33-24(2,3)4)29(15-17)23(32)34-25(5,6)7/h13-14,17,19H,10-12,15H2,1-9H3. The number of carbonyl (C=O) groups excluding carboxylic acids is 2. The average molecular weight is 474 g/mol. The second-order valence-electron chi connectivity index (χ2n) is 11.1. The molecule has 9 nitrogen and oxygen atoms in total. The number of ether oxygens (including phenoxy) is 2. The molecule has 0 spiro atoms. The van der Waals surface area contributed by atoms with Crippen LogP contribution in [-0.2, 0) is 20.7 Å². The zero-order valence-electron chi connectivity index (χ0n) is 22.0. The molecule has 0 radical (unpaired) electrons. The Hall–Kier alpha value is -2.84. The highest BCUT2D eigenvalue weighted by molar-refractivity contribution is 5.82. The minimum absolute atomic E-state index is 0.0467. The van der Waals surface area contributed by atoms with Gasteiger partial charge in [0, 0.05) is 38.2 Å². The van der Waals surface area contributed by atoms with Crippen molar-refractivity contribution in [3.63, 3.8) is 0 Å². The molecule has 2 unspecified atom stereocenters. The van der Waals surface area contributed by atoms with E-state index in [1.54, 1.807) is 0 Å². The Bertz CT molecular complexity index is 1050. The van der Waals surface area contributed by atoms with Gasteiger partial charge in [0.25, 0.3) is 0 Å². The van der Waals surface area contributed by atoms with E-state index >= 15 is 0 Å². The monoisotopic (exact) mass is 473 g/mol. The molecule has 2 atom stereocenters. The third-order valence-electron chi connectivity index (χ3n) is 5.69. The molecule has 0 saturated carbocycles. The number of likely N-dealkylation sites (tertiary alicyclic amines) is 1. The smallest absolute Gasteiger partial charge is 0.411 e. The number of amides is 1. The van der Waals surface area contributed by atoms with E-state index in [1.165, 1.54) is 4.90 Å². The molecule has 1 aliphatic rings. The average Bonchev–Trinajstić information content (AvgIpc) is 3.13. The number of aromatic nitrogens is 3. The van der Waals surface area contributed by atoms with Crippen molar-refractivity contribution < 1.29 is 19.1 Å². The van der Waals surface area contributed by atoms with Gasteiger partial charge in [-0.1, -0.05) is 6.92 Å². The lowest BCUT2D eigenvalue weighted by atomic mass is 9.90. The summed E-state index contributed by atoms with van der Waals surface area (Å²) in [5, 5.41) is 4.52. The van der Waals surface area contributed by atoms with Gasteiger partial charge in [0.1, 0.15) is 23.1 Å². The fourth-order valence-corrected chi connectivity index (χ4v) is 4.14. The van der Waals surface area contributed by atoms with Gasteiger partial charge in [-0.2, -0.15) is 9.61 Å². The first kappa shape index (κ1) is 25.8. The molecule has 0 aromatic carbocycles. The molecular weight excluding hydrogens is 434 g/mol. The number of fused-ring (bicyclic) bond motifs is 1. The van der Waals surface area contributed by atoms with Crippen LogP contribution in [0.1, 0.15) is 78.5 Å². The molecule has 2 aromatic heterocycles. The Kier molecular flexibility index (Phi) is 7.15. The third kappa shape index (κ3) is 5.80. The van der Waals surface area contributed by atoms with Gasteiger partial charge in [-0.3, -0.25) is 4.90 Å². The summed E-state index contributed by atoms with van der Waals surface area (Å²) in [6.45, 7) is 13.3. The Morgan fingerprint density at radius 2 is 1.74 bits per heavy atom. The Morgan fingerprint density at radius 3 is 2.29 bits per heavy atom. The first-order valence-corrected chi connectivity index (χ1v) is 12.0. The van der Waals surface area contributed by atoms with Crippen molar-refractivity contribution in [1.29, 1.82) is 0 Å². The maximum Gasteiger partial charge on any atom is 0.411 e. The van der Waals surface area contributed by atoms with Crippen molar-refractivity contribution in [3.8, 4) is 0 Å². The van der Waals surface area contributed by atoms with Gasteiger partial charge in [0.05, 0.1) is 11.9 Å². The van der Waals surface area contributed by atoms with Crippen LogP contribution >= 0.6 is 0 Å². The number of rotatable bonds is 4. The van der Waals surface area contributed by atoms with Crippen molar-refractivity contribution >= 4 is 23.5 Å². The molecule has 3 rings (SSSR count). The maximum atomic E-state index is 13.2. The fraction of sp³-hybridized carbons (Fsp3) is 0.680. The lowest BCUT2D eigenvalue weighted by Gasteiger charge is -2.39. The second-order valence-corrected chi connectivity index (χ2v) is 11.1. The summed E-state index contributed by atoms with van der Waals surface area (Å²) in [6, 6.07) is 1.33. The van der Waals surface area contributed by atoms with Crippen LogP contribution in [-0.4, -0.2) is 69.4 Å². The van der Waals surface area contributed by atoms with Crippen molar-refractivity contribution in [1.82, 2.24) is 19.5 Å². The third-order valence-corrected chi connectivity index (χ3v) is 5.69. The SMILES string of the molecule is CCc1cnn2c(N(C)C)cc(C3CCC(C(=O)OC(C)(C)C)N(C(=O)OC(C)(C)C)C3)nc12. The number of anilines is 1. The molecular formula is C25H39N5O4. The summed E-state index contributed by atoms with van der Waals surface area (Å²) in [7, 11) is 3.94. The molecule has 9 heteroatoms. The van der Waals surface area contributed by atoms with E-state index < -0.39 is 29.3 Å². The van der Waals surface area contributed by atoms with Gasteiger partial charge >= 0.3 is 12.1 Å². The topological polar surface area (TPSA) is 89.3 Å². The van der Waals surface area contributed by atoms with Crippen LogP contribution in [0, 0.1) is 0 Å². The highest BCUT2D eigenvalue weighted by Crippen LogP contribution is 2.33. The van der Waals surface area contributed by atoms with E-state index in [0.29, 0.717) is 19.4 Å². The molecule has 34 heavy (non-hydrogen) atoms. The molecule has 1 aliphatic heterocycles. The Morgan fingerprint density at radius 1 is 1.09 bits per heavy atom. The summed E-state index contributed by atoms with van der Waals surface area (Å²) in [5.74, 6) is 0.463. The first-order chi connectivity index (χ1) is 15.7. The number of piperidine rings is 1. The van der Waals surface area contributed by atoms with Crippen LogP contribution in [0.3, 0.4) is 0 Å². The number of esters is 1. The number of hydrogen-bond donors (Lipinski definition) is 0. The van der Waals surface area contributed by atoms with Crippen molar-refractivity contribution in [2.24, 2.45) is 0 Å². The summed E-state index contributed by atoms with van der Waals surface area (Å²) >= 11 is 0. The molecule has 1 fully saturated rings.